The number of ether oxygens (including phenoxy) is 2. The van der Waals surface area contributed by atoms with Crippen LogP contribution in [0.5, 0.6) is 5.75 Å². The fourth-order valence-electron chi connectivity index (χ4n) is 3.67. The lowest BCUT2D eigenvalue weighted by Crippen LogP contribution is -2.36. The number of benzene rings is 1. The van der Waals surface area contributed by atoms with Crippen LogP contribution in [-0.2, 0) is 16.0 Å². The molecule has 2 heterocycles. The number of pyridine rings is 1. The summed E-state index contributed by atoms with van der Waals surface area (Å²) in [6.45, 7) is 11.1. The fraction of sp³-hybridized carbons (Fsp3) is 0.440. The van der Waals surface area contributed by atoms with Gasteiger partial charge in [0.25, 0.3) is 5.56 Å². The Hall–Kier alpha value is -3.13. The van der Waals surface area contributed by atoms with E-state index < -0.39 is 23.2 Å². The van der Waals surface area contributed by atoms with Crippen LogP contribution < -0.4 is 10.3 Å². The maximum absolute atomic E-state index is 13.4. The molecule has 3 aromatic rings. The van der Waals surface area contributed by atoms with Crippen LogP contribution in [0.2, 0.25) is 5.02 Å². The average Bonchev–Trinajstić information content (AvgIpc) is 3.15. The second-order valence-electron chi connectivity index (χ2n) is 9.37. The van der Waals surface area contributed by atoms with Crippen molar-refractivity contribution in [1.29, 1.82) is 0 Å². The summed E-state index contributed by atoms with van der Waals surface area (Å²) in [6, 6.07) is 6.01. The zero-order valence-corrected chi connectivity index (χ0v) is 21.3. The highest BCUT2D eigenvalue weighted by Gasteiger charge is 2.30. The van der Waals surface area contributed by atoms with Crippen molar-refractivity contribution in [3.05, 3.63) is 63.1 Å². The van der Waals surface area contributed by atoms with E-state index in [1.165, 1.54) is 23.9 Å². The first-order valence-corrected chi connectivity index (χ1v) is 11.4. The molecule has 3 rings (SSSR count). The SMILES string of the molecule is COc1cn(C(Cc2noc(C)n2)C(=O)OC(C)(C)C)c(=O)cc1-c1cc(Cl)ccc1C(C)C. The number of carbonyl (C=O) groups excluding carboxylic acids is 1. The Morgan fingerprint density at radius 2 is 1.91 bits per heavy atom. The number of esters is 1. The quantitative estimate of drug-likeness (QED) is 0.427. The van der Waals surface area contributed by atoms with Gasteiger partial charge in [-0.25, -0.2) is 4.79 Å². The minimum Gasteiger partial charge on any atom is -0.495 e. The van der Waals surface area contributed by atoms with Crippen LogP contribution in [0.15, 0.2) is 39.8 Å². The second kappa shape index (κ2) is 10.0. The molecule has 1 unspecified atom stereocenters. The third-order valence-electron chi connectivity index (χ3n) is 5.15. The Morgan fingerprint density at radius 1 is 1.21 bits per heavy atom. The Balaban J connectivity index is 2.15. The van der Waals surface area contributed by atoms with E-state index >= 15 is 0 Å². The summed E-state index contributed by atoms with van der Waals surface area (Å²) < 4.78 is 17.6. The van der Waals surface area contributed by atoms with E-state index in [0.717, 1.165) is 11.1 Å². The van der Waals surface area contributed by atoms with Crippen LogP contribution in [0.4, 0.5) is 0 Å². The van der Waals surface area contributed by atoms with E-state index in [1.54, 1.807) is 27.7 Å². The van der Waals surface area contributed by atoms with Crippen LogP contribution in [0.3, 0.4) is 0 Å². The minimum atomic E-state index is -1.02. The smallest absolute Gasteiger partial charge is 0.330 e. The number of aryl methyl sites for hydroxylation is 1. The first-order valence-electron chi connectivity index (χ1n) is 11.0. The first kappa shape index (κ1) is 25.5. The van der Waals surface area contributed by atoms with E-state index in [1.807, 2.05) is 18.2 Å². The largest absolute Gasteiger partial charge is 0.495 e. The summed E-state index contributed by atoms with van der Waals surface area (Å²) in [5.74, 6) is 0.676. The van der Waals surface area contributed by atoms with Gasteiger partial charge in [0, 0.05) is 30.0 Å². The molecule has 0 fully saturated rings. The van der Waals surface area contributed by atoms with Gasteiger partial charge in [-0.1, -0.05) is 36.7 Å². The standard InChI is InChI=1S/C25H30ClN3O5/c1-14(2)17-9-8-16(26)10-18(17)19-11-23(30)29(13-21(19)32-7)20(24(31)33-25(4,5)6)12-22-27-15(3)34-28-22/h8-11,13-14,20H,12H2,1-7H3. The van der Waals surface area contributed by atoms with Gasteiger partial charge in [0.1, 0.15) is 17.4 Å². The van der Waals surface area contributed by atoms with Crippen LogP contribution in [-0.4, -0.2) is 33.4 Å². The minimum absolute atomic E-state index is 0.0169. The maximum atomic E-state index is 13.4. The molecule has 0 spiro atoms. The van der Waals surface area contributed by atoms with Crippen LogP contribution in [0.25, 0.3) is 11.1 Å². The van der Waals surface area contributed by atoms with Gasteiger partial charge in [-0.15, -0.1) is 0 Å². The highest BCUT2D eigenvalue weighted by Crippen LogP contribution is 2.36. The molecule has 0 amide bonds. The van der Waals surface area contributed by atoms with Crippen molar-refractivity contribution in [2.75, 3.05) is 7.11 Å². The lowest BCUT2D eigenvalue weighted by atomic mass is 9.92. The molecule has 1 aromatic carbocycles. The third-order valence-corrected chi connectivity index (χ3v) is 5.39. The van der Waals surface area contributed by atoms with E-state index in [4.69, 9.17) is 25.6 Å². The van der Waals surface area contributed by atoms with Gasteiger partial charge in [-0.05, 0) is 49.9 Å². The first-order chi connectivity index (χ1) is 15.9. The Morgan fingerprint density at radius 3 is 2.47 bits per heavy atom. The monoisotopic (exact) mass is 487 g/mol. The van der Waals surface area contributed by atoms with Gasteiger partial charge < -0.3 is 14.0 Å². The third kappa shape index (κ3) is 5.86. The lowest BCUT2D eigenvalue weighted by Gasteiger charge is -2.25. The molecule has 0 bridgehead atoms. The lowest BCUT2D eigenvalue weighted by molar-refractivity contribution is -0.159. The number of rotatable bonds is 7. The van der Waals surface area contributed by atoms with E-state index in [2.05, 4.69) is 24.0 Å². The molecule has 0 aliphatic rings. The topological polar surface area (TPSA) is 96.5 Å². The number of methoxy groups -OCH3 is 1. The number of carbonyl (C=O) groups is 1. The van der Waals surface area contributed by atoms with Crippen LogP contribution >= 0.6 is 11.6 Å². The molecule has 34 heavy (non-hydrogen) atoms. The van der Waals surface area contributed by atoms with Crippen molar-refractivity contribution >= 4 is 17.6 Å². The zero-order chi connectivity index (χ0) is 25.2. The van der Waals surface area contributed by atoms with Crippen molar-refractivity contribution in [3.63, 3.8) is 0 Å². The maximum Gasteiger partial charge on any atom is 0.330 e. The molecule has 0 radical (unpaired) electrons. The number of nitrogens with zero attached hydrogens (tertiary/aromatic N) is 3. The van der Waals surface area contributed by atoms with Gasteiger partial charge in [0.15, 0.2) is 5.82 Å². The summed E-state index contributed by atoms with van der Waals surface area (Å²) in [5, 5.41) is 4.43. The second-order valence-corrected chi connectivity index (χ2v) is 9.81. The number of halogens is 1. The zero-order valence-electron chi connectivity index (χ0n) is 20.5. The Kier molecular flexibility index (Phi) is 7.51. The molecular weight excluding hydrogens is 458 g/mol. The summed E-state index contributed by atoms with van der Waals surface area (Å²) in [5.41, 5.74) is 1.26. The predicted molar refractivity (Wildman–Crippen MR) is 129 cm³/mol. The summed E-state index contributed by atoms with van der Waals surface area (Å²) >= 11 is 6.28. The van der Waals surface area contributed by atoms with Crippen molar-refractivity contribution in [2.24, 2.45) is 0 Å². The molecule has 2 aromatic heterocycles. The predicted octanol–water partition coefficient (Wildman–Crippen LogP) is 5.12. The van der Waals surface area contributed by atoms with Crippen LogP contribution in [0.1, 0.15) is 63.9 Å². The summed E-state index contributed by atoms with van der Waals surface area (Å²) in [4.78, 5) is 30.7. The average molecular weight is 488 g/mol. The molecule has 182 valence electrons. The molecule has 1 atom stereocenters. The van der Waals surface area contributed by atoms with Gasteiger partial charge in [-0.3, -0.25) is 9.36 Å². The highest BCUT2D eigenvalue weighted by atomic mass is 35.5. The molecule has 0 N–H and O–H groups in total. The van der Waals surface area contributed by atoms with Crippen LogP contribution in [0, 0.1) is 6.92 Å². The number of hydrogen-bond donors (Lipinski definition) is 0. The number of hydrogen-bond acceptors (Lipinski definition) is 7. The van der Waals surface area contributed by atoms with Crippen molar-refractivity contribution < 1.29 is 18.8 Å². The number of aromatic nitrogens is 3. The van der Waals surface area contributed by atoms with Gasteiger partial charge in [-0.2, -0.15) is 4.98 Å². The molecule has 0 saturated carbocycles. The van der Waals surface area contributed by atoms with Crippen molar-refractivity contribution in [2.45, 2.75) is 65.5 Å². The van der Waals surface area contributed by atoms with E-state index in [-0.39, 0.29) is 12.3 Å². The molecule has 0 saturated heterocycles. The van der Waals surface area contributed by atoms with Gasteiger partial charge in [0.2, 0.25) is 5.89 Å². The van der Waals surface area contributed by atoms with E-state index in [0.29, 0.717) is 28.1 Å². The normalized spacial score (nSPS) is 12.6. The summed E-state index contributed by atoms with van der Waals surface area (Å²) in [6.07, 6.45) is 1.53. The Labute approximate surface area is 203 Å². The van der Waals surface area contributed by atoms with Crippen molar-refractivity contribution in [3.8, 4) is 16.9 Å². The van der Waals surface area contributed by atoms with Gasteiger partial charge >= 0.3 is 5.97 Å². The molecule has 0 aliphatic carbocycles. The summed E-state index contributed by atoms with van der Waals surface area (Å²) in [7, 11) is 1.51. The molecule has 9 heteroatoms. The highest BCUT2D eigenvalue weighted by molar-refractivity contribution is 6.30. The molecule has 8 nitrogen and oxygen atoms in total. The van der Waals surface area contributed by atoms with Crippen molar-refractivity contribution in [1.82, 2.24) is 14.7 Å². The molecule has 0 aliphatic heterocycles. The Bertz CT molecular complexity index is 1240. The van der Waals surface area contributed by atoms with Gasteiger partial charge in [0.05, 0.1) is 13.3 Å². The van der Waals surface area contributed by atoms with E-state index in [9.17, 15) is 9.59 Å². The molecular formula is C25H30ClN3O5. The fourth-order valence-corrected chi connectivity index (χ4v) is 3.84.